The van der Waals surface area contributed by atoms with Crippen molar-refractivity contribution >= 4 is 36.0 Å². The molecule has 3 atom stereocenters. The first-order chi connectivity index (χ1) is 15.2. The number of aromatic nitrogens is 3. The van der Waals surface area contributed by atoms with Crippen LogP contribution in [0.25, 0.3) is 11.0 Å². The molecule has 0 aliphatic heterocycles. The van der Waals surface area contributed by atoms with E-state index in [0.717, 1.165) is 32.2 Å². The van der Waals surface area contributed by atoms with Crippen LogP contribution >= 0.6 is 19.2 Å². The molecule has 0 amide bonds. The van der Waals surface area contributed by atoms with E-state index in [-0.39, 0.29) is 11.9 Å². The van der Waals surface area contributed by atoms with Crippen LogP contribution in [0.4, 0.5) is 5.82 Å². The summed E-state index contributed by atoms with van der Waals surface area (Å²) in [5, 5.41) is 22.2. The van der Waals surface area contributed by atoms with E-state index in [0.29, 0.717) is 22.9 Å². The summed E-state index contributed by atoms with van der Waals surface area (Å²) in [6, 6.07) is 2.12. The van der Waals surface area contributed by atoms with Crippen molar-refractivity contribution in [3.05, 3.63) is 17.5 Å². The van der Waals surface area contributed by atoms with Gasteiger partial charge in [-0.25, -0.2) is 0 Å². The maximum Gasteiger partial charge on any atom is 0.350 e. The van der Waals surface area contributed by atoms with Crippen LogP contribution in [-0.2, 0) is 14.0 Å². The summed E-state index contributed by atoms with van der Waals surface area (Å²) in [5.74, 6) is 0.683. The Labute approximate surface area is 191 Å². The Morgan fingerprint density at radius 3 is 2.59 bits per heavy atom. The summed E-state index contributed by atoms with van der Waals surface area (Å²) in [6.45, 7) is 2.47. The largest absolute Gasteiger partial charge is 0.386 e. The Hall–Kier alpha value is -1.30. The lowest BCUT2D eigenvalue weighted by atomic mass is 10.2. The van der Waals surface area contributed by atoms with Crippen molar-refractivity contribution in [1.82, 2.24) is 14.5 Å². The zero-order valence-corrected chi connectivity index (χ0v) is 19.7. The number of aliphatic hydroxyl groups excluding tert-OH is 2. The average molecular weight is 493 g/mol. The van der Waals surface area contributed by atoms with E-state index in [1.54, 1.807) is 12.3 Å². The van der Waals surface area contributed by atoms with Crippen LogP contribution in [0.3, 0.4) is 0 Å². The maximum absolute atomic E-state index is 11.0. The zero-order chi connectivity index (χ0) is 23.5. The van der Waals surface area contributed by atoms with Gasteiger partial charge in [0, 0.05) is 25.9 Å². The van der Waals surface area contributed by atoms with Crippen LogP contribution in [0.15, 0.2) is 12.3 Å². The molecule has 1 aliphatic rings. The molecular weight excluding hydrogens is 463 g/mol. The van der Waals surface area contributed by atoms with Crippen molar-refractivity contribution in [2.45, 2.75) is 57.1 Å². The van der Waals surface area contributed by atoms with Gasteiger partial charge in [0.15, 0.2) is 6.23 Å². The predicted octanol–water partition coefficient (Wildman–Crippen LogP) is 1.87. The summed E-state index contributed by atoms with van der Waals surface area (Å²) in [7, 11) is -3.06. The highest BCUT2D eigenvalue weighted by Gasteiger charge is 2.31. The summed E-state index contributed by atoms with van der Waals surface area (Å²) >= 11 is 6.22. The fourth-order valence-electron chi connectivity index (χ4n) is 4.17. The lowest BCUT2D eigenvalue weighted by Crippen LogP contribution is -2.39. The van der Waals surface area contributed by atoms with Gasteiger partial charge >= 0.3 is 7.60 Å². The second-order valence-corrected chi connectivity index (χ2v) is 9.77. The first-order valence-corrected chi connectivity index (χ1v) is 12.7. The molecule has 0 spiro atoms. The molecule has 1 fully saturated rings. The molecule has 4 N–H and O–H groups in total. The van der Waals surface area contributed by atoms with Crippen LogP contribution in [-0.4, -0.2) is 79.4 Å². The molecule has 0 bridgehead atoms. The van der Waals surface area contributed by atoms with Gasteiger partial charge in [0.1, 0.15) is 30.0 Å². The van der Waals surface area contributed by atoms with Crippen LogP contribution < -0.4 is 4.90 Å². The summed E-state index contributed by atoms with van der Waals surface area (Å²) in [4.78, 5) is 28.7. The van der Waals surface area contributed by atoms with E-state index >= 15 is 0 Å². The monoisotopic (exact) mass is 492 g/mol. The number of ether oxygens (including phenoxy) is 2. The van der Waals surface area contributed by atoms with E-state index < -0.39 is 32.4 Å². The third-order valence-electron chi connectivity index (χ3n) is 5.72. The minimum atomic E-state index is -4.36. The van der Waals surface area contributed by atoms with Gasteiger partial charge in [0.05, 0.1) is 12.0 Å². The van der Waals surface area contributed by atoms with Gasteiger partial charge in [-0.3, -0.25) is 4.57 Å². The number of nitrogens with zero attached hydrogens (tertiary/aromatic N) is 4. The molecule has 0 radical (unpaired) electrons. The Morgan fingerprint density at radius 2 is 2.00 bits per heavy atom. The Bertz CT molecular complexity index is 949. The Morgan fingerprint density at radius 1 is 1.31 bits per heavy atom. The van der Waals surface area contributed by atoms with E-state index in [1.807, 2.05) is 0 Å². The van der Waals surface area contributed by atoms with Gasteiger partial charge in [0.25, 0.3) is 0 Å². The SMILES string of the molecule is CCN(c1nc(Cl)nc2c1ccn2[C@H](O)[C@H](O)[C@@H](COCP(=O)(O)O)OC)C1CCCC1. The highest BCUT2D eigenvalue weighted by molar-refractivity contribution is 7.51. The van der Waals surface area contributed by atoms with E-state index in [4.69, 9.17) is 30.9 Å². The van der Waals surface area contributed by atoms with Gasteiger partial charge < -0.3 is 38.9 Å². The summed E-state index contributed by atoms with van der Waals surface area (Å²) in [6.07, 6.45) is 1.25. The predicted molar refractivity (Wildman–Crippen MR) is 119 cm³/mol. The molecule has 1 aliphatic carbocycles. The fraction of sp³-hybridized carbons (Fsp3) is 0.684. The third kappa shape index (κ3) is 5.78. The number of halogens is 1. The van der Waals surface area contributed by atoms with Crippen LogP contribution in [0.2, 0.25) is 5.28 Å². The van der Waals surface area contributed by atoms with Crippen LogP contribution in [0, 0.1) is 0 Å². The zero-order valence-electron chi connectivity index (χ0n) is 18.0. The van der Waals surface area contributed by atoms with Crippen molar-refractivity contribution in [2.24, 2.45) is 0 Å². The van der Waals surface area contributed by atoms with E-state index in [9.17, 15) is 14.8 Å². The molecule has 13 heteroatoms. The molecule has 2 heterocycles. The summed E-state index contributed by atoms with van der Waals surface area (Å²) < 4.78 is 22.4. The van der Waals surface area contributed by atoms with Crippen molar-refractivity contribution in [3.8, 4) is 0 Å². The number of hydrogen-bond acceptors (Lipinski definition) is 8. The van der Waals surface area contributed by atoms with E-state index in [2.05, 4.69) is 21.8 Å². The fourth-order valence-corrected chi connectivity index (χ4v) is 4.67. The lowest BCUT2D eigenvalue weighted by molar-refractivity contribution is -0.121. The normalized spacial score (nSPS) is 18.2. The van der Waals surface area contributed by atoms with Gasteiger partial charge in [-0.05, 0) is 37.4 Å². The van der Waals surface area contributed by atoms with E-state index in [1.165, 1.54) is 11.7 Å². The highest BCUT2D eigenvalue weighted by Crippen LogP contribution is 2.35. The van der Waals surface area contributed by atoms with Gasteiger partial charge in [0.2, 0.25) is 5.28 Å². The van der Waals surface area contributed by atoms with Crippen molar-refractivity contribution < 1.29 is 34.0 Å². The van der Waals surface area contributed by atoms with Gasteiger partial charge in [-0.1, -0.05) is 12.8 Å². The van der Waals surface area contributed by atoms with Crippen molar-refractivity contribution in [1.29, 1.82) is 0 Å². The van der Waals surface area contributed by atoms with Crippen molar-refractivity contribution in [3.63, 3.8) is 0 Å². The molecule has 32 heavy (non-hydrogen) atoms. The van der Waals surface area contributed by atoms with Crippen molar-refractivity contribution in [2.75, 3.05) is 31.5 Å². The van der Waals surface area contributed by atoms with Gasteiger partial charge in [-0.15, -0.1) is 0 Å². The molecule has 180 valence electrons. The number of anilines is 1. The molecule has 2 aromatic heterocycles. The number of fused-ring (bicyclic) bond motifs is 1. The minimum absolute atomic E-state index is 0.0267. The number of rotatable bonds is 11. The number of methoxy groups -OCH3 is 1. The molecule has 2 aromatic rings. The topological polar surface area (TPSA) is 150 Å². The number of hydrogen-bond donors (Lipinski definition) is 4. The smallest absolute Gasteiger partial charge is 0.350 e. The Kier molecular flexibility index (Phi) is 8.51. The number of aliphatic hydroxyl groups is 2. The van der Waals surface area contributed by atoms with Gasteiger partial charge in [-0.2, -0.15) is 9.97 Å². The first-order valence-electron chi connectivity index (χ1n) is 10.5. The Balaban J connectivity index is 1.86. The lowest BCUT2D eigenvalue weighted by Gasteiger charge is -2.29. The van der Waals surface area contributed by atoms with Crippen LogP contribution in [0.5, 0.6) is 0 Å². The molecular formula is C19H30ClN4O7P. The second-order valence-electron chi connectivity index (χ2n) is 7.84. The van der Waals surface area contributed by atoms with Crippen LogP contribution in [0.1, 0.15) is 38.8 Å². The molecule has 11 nitrogen and oxygen atoms in total. The standard InChI is InChI=1S/C19H30ClN4O7P/c1-3-23(12-6-4-5-7-12)16-13-8-9-24(17(13)22-19(20)21-16)18(26)15(25)14(30-2)10-31-11-32(27,28)29/h8-9,12,14-15,18,25-26H,3-7,10-11H2,1-2H3,(H2,27,28,29)/t14-,15-,18-/m1/s1. The molecule has 0 aromatic carbocycles. The second kappa shape index (κ2) is 10.8. The molecule has 0 unspecified atom stereocenters. The molecule has 3 rings (SSSR count). The highest BCUT2D eigenvalue weighted by atomic mass is 35.5. The minimum Gasteiger partial charge on any atom is -0.386 e. The quantitative estimate of drug-likeness (QED) is 0.270. The molecule has 0 saturated heterocycles. The third-order valence-corrected chi connectivity index (χ3v) is 6.41. The summed E-state index contributed by atoms with van der Waals surface area (Å²) in [5.41, 5.74) is 0.356. The maximum atomic E-state index is 11.0. The first kappa shape index (κ1) is 25.3. The molecule has 1 saturated carbocycles. The average Bonchev–Trinajstić information content (AvgIpc) is 3.40.